The van der Waals surface area contributed by atoms with Crippen LogP contribution in [0.1, 0.15) is 17.3 Å². The van der Waals surface area contributed by atoms with E-state index in [0.717, 1.165) is 5.75 Å². The quantitative estimate of drug-likeness (QED) is 0.711. The standard InChI is InChI=1S/C9H11NOS/c1-2-12-9(11)7-4-3-5-8(10)6-7/h3-6H,2,10H2,1H3. The van der Waals surface area contributed by atoms with Crippen molar-refractivity contribution in [2.75, 3.05) is 11.5 Å². The van der Waals surface area contributed by atoms with Crippen molar-refractivity contribution in [2.45, 2.75) is 6.92 Å². The van der Waals surface area contributed by atoms with Gasteiger partial charge in [0.15, 0.2) is 0 Å². The van der Waals surface area contributed by atoms with E-state index in [1.807, 2.05) is 6.92 Å². The Bertz CT molecular complexity index is 286. The molecule has 12 heavy (non-hydrogen) atoms. The lowest BCUT2D eigenvalue weighted by Crippen LogP contribution is -1.95. The third-order valence-electron chi connectivity index (χ3n) is 1.40. The van der Waals surface area contributed by atoms with Gasteiger partial charge < -0.3 is 5.73 Å². The lowest BCUT2D eigenvalue weighted by molar-refractivity contribution is 0.108. The van der Waals surface area contributed by atoms with Crippen LogP contribution in [0.25, 0.3) is 0 Å². The number of anilines is 1. The first kappa shape index (κ1) is 9.13. The van der Waals surface area contributed by atoms with E-state index in [0.29, 0.717) is 11.3 Å². The van der Waals surface area contributed by atoms with Gasteiger partial charge in [-0.3, -0.25) is 4.79 Å². The van der Waals surface area contributed by atoms with Crippen LogP contribution in [-0.4, -0.2) is 10.9 Å². The lowest BCUT2D eigenvalue weighted by Gasteiger charge is -1.98. The molecular formula is C9H11NOS. The molecular weight excluding hydrogens is 170 g/mol. The molecule has 0 unspecified atom stereocenters. The van der Waals surface area contributed by atoms with Crippen LogP contribution >= 0.6 is 11.8 Å². The van der Waals surface area contributed by atoms with Gasteiger partial charge in [-0.05, 0) is 17.9 Å². The van der Waals surface area contributed by atoms with Gasteiger partial charge in [-0.25, -0.2) is 0 Å². The first-order chi connectivity index (χ1) is 5.74. The summed E-state index contributed by atoms with van der Waals surface area (Å²) < 4.78 is 0. The fraction of sp³-hybridized carbons (Fsp3) is 0.222. The predicted molar refractivity (Wildman–Crippen MR) is 53.3 cm³/mol. The molecule has 0 heterocycles. The second-order valence-corrected chi connectivity index (χ2v) is 3.58. The van der Waals surface area contributed by atoms with Crippen molar-refractivity contribution in [3.63, 3.8) is 0 Å². The van der Waals surface area contributed by atoms with Gasteiger partial charge in [-0.15, -0.1) is 0 Å². The highest BCUT2D eigenvalue weighted by Gasteiger charge is 2.03. The first-order valence-corrected chi connectivity index (χ1v) is 4.75. The van der Waals surface area contributed by atoms with E-state index < -0.39 is 0 Å². The Morgan fingerprint density at radius 1 is 1.58 bits per heavy atom. The molecule has 0 saturated carbocycles. The monoisotopic (exact) mass is 181 g/mol. The van der Waals surface area contributed by atoms with Crippen LogP contribution in [0.3, 0.4) is 0 Å². The average Bonchev–Trinajstić information content (AvgIpc) is 2.05. The molecule has 0 radical (unpaired) electrons. The van der Waals surface area contributed by atoms with Crippen LogP contribution in [0.15, 0.2) is 24.3 Å². The Balaban J connectivity index is 2.81. The summed E-state index contributed by atoms with van der Waals surface area (Å²) in [5.41, 5.74) is 6.85. The Labute approximate surface area is 76.2 Å². The van der Waals surface area contributed by atoms with Gasteiger partial charge in [-0.2, -0.15) is 0 Å². The Morgan fingerprint density at radius 3 is 2.92 bits per heavy atom. The summed E-state index contributed by atoms with van der Waals surface area (Å²) in [5, 5.41) is 0.0878. The van der Waals surface area contributed by atoms with Crippen LogP contribution in [0.5, 0.6) is 0 Å². The highest BCUT2D eigenvalue weighted by molar-refractivity contribution is 8.14. The van der Waals surface area contributed by atoms with Gasteiger partial charge in [0.05, 0.1) is 0 Å². The third kappa shape index (κ3) is 2.27. The van der Waals surface area contributed by atoms with Crippen molar-refractivity contribution in [1.82, 2.24) is 0 Å². The number of hydrogen-bond donors (Lipinski definition) is 1. The molecule has 2 N–H and O–H groups in total. The molecule has 0 atom stereocenters. The van der Waals surface area contributed by atoms with E-state index in [4.69, 9.17) is 5.73 Å². The second-order valence-electron chi connectivity index (χ2n) is 2.35. The molecule has 0 amide bonds. The van der Waals surface area contributed by atoms with E-state index in [1.165, 1.54) is 11.8 Å². The van der Waals surface area contributed by atoms with Crippen molar-refractivity contribution in [1.29, 1.82) is 0 Å². The largest absolute Gasteiger partial charge is 0.399 e. The smallest absolute Gasteiger partial charge is 0.219 e. The average molecular weight is 181 g/mol. The second kappa shape index (κ2) is 4.16. The van der Waals surface area contributed by atoms with Crippen LogP contribution in [0, 0.1) is 0 Å². The summed E-state index contributed by atoms with van der Waals surface area (Å²) in [5.74, 6) is 0.799. The number of nitrogens with two attached hydrogens (primary N) is 1. The Morgan fingerprint density at radius 2 is 2.33 bits per heavy atom. The van der Waals surface area contributed by atoms with Gasteiger partial charge in [0.1, 0.15) is 0 Å². The zero-order valence-corrected chi connectivity index (χ0v) is 7.73. The van der Waals surface area contributed by atoms with E-state index in [-0.39, 0.29) is 5.12 Å². The fourth-order valence-electron chi connectivity index (χ4n) is 0.880. The van der Waals surface area contributed by atoms with Crippen LogP contribution in [0.4, 0.5) is 5.69 Å². The highest BCUT2D eigenvalue weighted by Crippen LogP contribution is 2.14. The van der Waals surface area contributed by atoms with Gasteiger partial charge in [0.25, 0.3) is 0 Å². The maximum Gasteiger partial charge on any atom is 0.219 e. The molecule has 0 aliphatic carbocycles. The van der Waals surface area contributed by atoms with Gasteiger partial charge in [0.2, 0.25) is 5.12 Å². The molecule has 1 aromatic carbocycles. The molecule has 64 valence electrons. The Hall–Kier alpha value is -0.960. The molecule has 0 bridgehead atoms. The lowest BCUT2D eigenvalue weighted by atomic mass is 10.2. The van der Waals surface area contributed by atoms with Gasteiger partial charge in [-0.1, -0.05) is 30.8 Å². The summed E-state index contributed by atoms with van der Waals surface area (Å²) in [6, 6.07) is 7.04. The molecule has 1 rings (SSSR count). The summed E-state index contributed by atoms with van der Waals surface area (Å²) in [7, 11) is 0. The predicted octanol–water partition coefficient (Wildman–Crippen LogP) is 2.16. The van der Waals surface area contributed by atoms with Crippen molar-refractivity contribution in [3.05, 3.63) is 29.8 Å². The topological polar surface area (TPSA) is 43.1 Å². The zero-order valence-electron chi connectivity index (χ0n) is 6.91. The highest BCUT2D eigenvalue weighted by atomic mass is 32.2. The van der Waals surface area contributed by atoms with Crippen molar-refractivity contribution in [3.8, 4) is 0 Å². The van der Waals surface area contributed by atoms with Crippen LogP contribution in [-0.2, 0) is 0 Å². The van der Waals surface area contributed by atoms with E-state index >= 15 is 0 Å². The molecule has 0 spiro atoms. The maximum atomic E-state index is 11.3. The SMILES string of the molecule is CCSC(=O)c1cccc(N)c1. The minimum absolute atomic E-state index is 0.0878. The van der Waals surface area contributed by atoms with Gasteiger partial charge in [0, 0.05) is 11.3 Å². The van der Waals surface area contributed by atoms with Crippen LogP contribution < -0.4 is 5.73 Å². The van der Waals surface area contributed by atoms with E-state index in [9.17, 15) is 4.79 Å². The fourth-order valence-corrected chi connectivity index (χ4v) is 1.44. The maximum absolute atomic E-state index is 11.3. The summed E-state index contributed by atoms with van der Waals surface area (Å²) >= 11 is 1.30. The van der Waals surface area contributed by atoms with Gasteiger partial charge >= 0.3 is 0 Å². The van der Waals surface area contributed by atoms with E-state index in [1.54, 1.807) is 24.3 Å². The van der Waals surface area contributed by atoms with E-state index in [2.05, 4.69) is 0 Å². The number of carbonyl (C=O) groups excluding carboxylic acids is 1. The number of nitrogen functional groups attached to an aromatic ring is 1. The molecule has 2 nitrogen and oxygen atoms in total. The first-order valence-electron chi connectivity index (χ1n) is 3.76. The number of carbonyl (C=O) groups is 1. The molecule has 1 aromatic rings. The number of hydrogen-bond acceptors (Lipinski definition) is 3. The molecule has 0 aliphatic heterocycles. The van der Waals surface area contributed by atoms with Crippen molar-refractivity contribution >= 4 is 22.6 Å². The van der Waals surface area contributed by atoms with Crippen molar-refractivity contribution < 1.29 is 4.79 Å². The van der Waals surface area contributed by atoms with Crippen LogP contribution in [0.2, 0.25) is 0 Å². The molecule has 0 aromatic heterocycles. The number of rotatable bonds is 2. The molecule has 0 aliphatic rings. The molecule has 3 heteroatoms. The minimum Gasteiger partial charge on any atom is -0.399 e. The molecule has 0 fully saturated rings. The third-order valence-corrected chi connectivity index (χ3v) is 2.18. The molecule has 0 saturated heterocycles. The number of benzene rings is 1. The summed E-state index contributed by atoms with van der Waals surface area (Å²) in [6.45, 7) is 1.95. The zero-order chi connectivity index (χ0) is 8.97. The summed E-state index contributed by atoms with van der Waals surface area (Å²) in [4.78, 5) is 11.3. The normalized spacial score (nSPS) is 9.75. The minimum atomic E-state index is 0.0878. The number of thioether (sulfide) groups is 1. The Kier molecular flexibility index (Phi) is 3.17. The summed E-state index contributed by atoms with van der Waals surface area (Å²) in [6.07, 6.45) is 0. The van der Waals surface area contributed by atoms with Crippen molar-refractivity contribution in [2.24, 2.45) is 0 Å².